The first-order valence-corrected chi connectivity index (χ1v) is 5.82. The molecule has 1 heterocycles. The van der Waals surface area contributed by atoms with Gasteiger partial charge in [0.2, 0.25) is 5.91 Å². The Hall–Kier alpha value is -1.60. The molecule has 7 nitrogen and oxygen atoms in total. The molecule has 1 rings (SSSR count). The Balaban J connectivity index is 2.83. The van der Waals surface area contributed by atoms with Crippen LogP contribution in [0.15, 0.2) is 11.0 Å². The maximum atomic E-state index is 11.7. The van der Waals surface area contributed by atoms with E-state index in [2.05, 4.69) is 10.4 Å². The minimum atomic E-state index is -1.35. The quantitative estimate of drug-likeness (QED) is 0.652. The largest absolute Gasteiger partial charge is 0.381 e. The molecule has 0 saturated carbocycles. The van der Waals surface area contributed by atoms with Crippen LogP contribution in [0.5, 0.6) is 0 Å². The van der Waals surface area contributed by atoms with Gasteiger partial charge in [0.1, 0.15) is 11.1 Å². The van der Waals surface area contributed by atoms with E-state index in [0.717, 1.165) is 6.42 Å². The molecule has 1 aromatic heterocycles. The number of aromatic nitrogens is 2. The lowest BCUT2D eigenvalue weighted by atomic mass is 10.3. The molecular weight excluding hydrogens is 260 g/mol. The number of carbonyl (C=O) groups is 1. The third-order valence-corrected chi connectivity index (χ3v) is 2.60. The van der Waals surface area contributed by atoms with Crippen molar-refractivity contribution >= 4 is 23.2 Å². The van der Waals surface area contributed by atoms with Crippen LogP contribution >= 0.6 is 11.6 Å². The lowest BCUT2D eigenvalue weighted by Gasteiger charge is -2.11. The fourth-order valence-electron chi connectivity index (χ4n) is 1.27. The standard InChI is InChI=1S/C10H15ClN4O3/c1-2-3-15-10(18)8(11)6(4-14-15)13-5-7(16)9(12)17/h4,7,13,16H,2-3,5H2,1H3,(H2,12,17). The van der Waals surface area contributed by atoms with Gasteiger partial charge in [0.25, 0.3) is 5.56 Å². The Morgan fingerprint density at radius 1 is 1.72 bits per heavy atom. The lowest BCUT2D eigenvalue weighted by molar-refractivity contribution is -0.125. The number of aryl methyl sites for hydroxylation is 1. The zero-order chi connectivity index (χ0) is 13.7. The summed E-state index contributed by atoms with van der Waals surface area (Å²) in [5.41, 5.74) is 4.73. The predicted molar refractivity (Wildman–Crippen MR) is 67.5 cm³/mol. The minimum Gasteiger partial charge on any atom is -0.381 e. The maximum Gasteiger partial charge on any atom is 0.287 e. The molecule has 1 amide bonds. The second-order valence-electron chi connectivity index (χ2n) is 3.70. The third-order valence-electron chi connectivity index (χ3n) is 2.23. The molecule has 8 heteroatoms. The van der Waals surface area contributed by atoms with E-state index in [-0.39, 0.29) is 17.3 Å². The normalized spacial score (nSPS) is 12.2. The van der Waals surface area contributed by atoms with E-state index in [0.29, 0.717) is 6.54 Å². The molecule has 1 atom stereocenters. The topological polar surface area (TPSA) is 110 Å². The zero-order valence-electron chi connectivity index (χ0n) is 9.89. The molecule has 0 saturated heterocycles. The molecular formula is C10H15ClN4O3. The highest BCUT2D eigenvalue weighted by Crippen LogP contribution is 2.14. The van der Waals surface area contributed by atoms with Crippen molar-refractivity contribution < 1.29 is 9.90 Å². The van der Waals surface area contributed by atoms with Crippen LogP contribution in [0.1, 0.15) is 13.3 Å². The number of aliphatic hydroxyl groups excluding tert-OH is 1. The van der Waals surface area contributed by atoms with Gasteiger partial charge in [0.15, 0.2) is 0 Å². The Morgan fingerprint density at radius 2 is 2.39 bits per heavy atom. The number of hydrogen-bond donors (Lipinski definition) is 3. The molecule has 0 fully saturated rings. The summed E-state index contributed by atoms with van der Waals surface area (Å²) in [6.45, 7) is 2.26. The number of carbonyl (C=O) groups excluding carboxylic acids is 1. The highest BCUT2D eigenvalue weighted by Gasteiger charge is 2.13. The molecule has 1 aromatic rings. The van der Waals surface area contributed by atoms with E-state index in [1.807, 2.05) is 6.92 Å². The number of hydrogen-bond acceptors (Lipinski definition) is 5. The number of primary amides is 1. The summed E-state index contributed by atoms with van der Waals surface area (Å²) in [5, 5.41) is 15.7. The molecule has 0 aliphatic rings. The van der Waals surface area contributed by atoms with Crippen LogP contribution < -0.4 is 16.6 Å². The molecule has 0 aromatic carbocycles. The summed E-state index contributed by atoms with van der Waals surface area (Å²) in [6, 6.07) is 0. The first-order chi connectivity index (χ1) is 8.47. The van der Waals surface area contributed by atoms with Crippen molar-refractivity contribution in [3.63, 3.8) is 0 Å². The number of nitrogens with two attached hydrogens (primary N) is 1. The van der Waals surface area contributed by atoms with Gasteiger partial charge in [-0.15, -0.1) is 0 Å². The average molecular weight is 275 g/mol. The molecule has 0 aliphatic carbocycles. The summed E-state index contributed by atoms with van der Waals surface area (Å²) in [5.74, 6) is -0.856. The summed E-state index contributed by atoms with van der Waals surface area (Å²) < 4.78 is 1.25. The van der Waals surface area contributed by atoms with Gasteiger partial charge in [-0.3, -0.25) is 9.59 Å². The van der Waals surface area contributed by atoms with Gasteiger partial charge in [0, 0.05) is 13.1 Å². The van der Waals surface area contributed by atoms with Gasteiger partial charge < -0.3 is 16.2 Å². The Morgan fingerprint density at radius 3 is 2.94 bits per heavy atom. The van der Waals surface area contributed by atoms with E-state index < -0.39 is 17.6 Å². The van der Waals surface area contributed by atoms with Crippen LogP contribution in [0.25, 0.3) is 0 Å². The van der Waals surface area contributed by atoms with Crippen molar-refractivity contribution in [2.45, 2.75) is 26.0 Å². The van der Waals surface area contributed by atoms with E-state index >= 15 is 0 Å². The molecule has 4 N–H and O–H groups in total. The first kappa shape index (κ1) is 14.5. The number of halogens is 1. The summed E-state index contributed by atoms with van der Waals surface area (Å²) in [7, 11) is 0. The number of nitrogens with zero attached hydrogens (tertiary/aromatic N) is 2. The van der Waals surface area contributed by atoms with Crippen LogP contribution in [0.3, 0.4) is 0 Å². The predicted octanol–water partition coefficient (Wildman–Crippen LogP) is -0.435. The van der Waals surface area contributed by atoms with Crippen molar-refractivity contribution in [3.05, 3.63) is 21.6 Å². The summed E-state index contributed by atoms with van der Waals surface area (Å²) in [6.07, 6.45) is 0.780. The molecule has 100 valence electrons. The molecule has 1 unspecified atom stereocenters. The Labute approximate surface area is 109 Å². The first-order valence-electron chi connectivity index (χ1n) is 5.44. The Kier molecular flexibility index (Phi) is 5.11. The van der Waals surface area contributed by atoms with E-state index in [1.54, 1.807) is 0 Å². The van der Waals surface area contributed by atoms with Crippen molar-refractivity contribution in [2.75, 3.05) is 11.9 Å². The van der Waals surface area contributed by atoms with Gasteiger partial charge in [-0.25, -0.2) is 4.68 Å². The van der Waals surface area contributed by atoms with Crippen molar-refractivity contribution in [2.24, 2.45) is 5.73 Å². The summed E-state index contributed by atoms with van der Waals surface area (Å²) >= 11 is 5.86. The number of aliphatic hydroxyl groups is 1. The van der Waals surface area contributed by atoms with Crippen molar-refractivity contribution in [1.29, 1.82) is 0 Å². The second-order valence-corrected chi connectivity index (χ2v) is 4.08. The lowest BCUT2D eigenvalue weighted by Crippen LogP contribution is -2.34. The van der Waals surface area contributed by atoms with Crippen LogP contribution in [0, 0.1) is 0 Å². The fourth-order valence-corrected chi connectivity index (χ4v) is 1.48. The third kappa shape index (κ3) is 3.44. The van der Waals surface area contributed by atoms with Gasteiger partial charge in [-0.05, 0) is 6.42 Å². The van der Waals surface area contributed by atoms with Crippen LogP contribution in [-0.4, -0.2) is 33.4 Å². The van der Waals surface area contributed by atoms with Crippen LogP contribution in [0.4, 0.5) is 5.69 Å². The SMILES string of the molecule is CCCn1ncc(NCC(O)C(N)=O)c(Cl)c1=O. The smallest absolute Gasteiger partial charge is 0.287 e. The monoisotopic (exact) mass is 274 g/mol. The van der Waals surface area contributed by atoms with Crippen molar-refractivity contribution in [1.82, 2.24) is 9.78 Å². The number of rotatable bonds is 6. The van der Waals surface area contributed by atoms with Crippen LogP contribution in [-0.2, 0) is 11.3 Å². The van der Waals surface area contributed by atoms with E-state index in [9.17, 15) is 14.7 Å². The van der Waals surface area contributed by atoms with Gasteiger partial charge in [-0.2, -0.15) is 5.10 Å². The highest BCUT2D eigenvalue weighted by molar-refractivity contribution is 6.32. The average Bonchev–Trinajstić information content (AvgIpc) is 2.33. The fraction of sp³-hybridized carbons (Fsp3) is 0.500. The van der Waals surface area contributed by atoms with E-state index in [4.69, 9.17) is 17.3 Å². The highest BCUT2D eigenvalue weighted by atomic mass is 35.5. The van der Waals surface area contributed by atoms with Crippen molar-refractivity contribution in [3.8, 4) is 0 Å². The minimum absolute atomic E-state index is 0.0323. The number of anilines is 1. The Bertz CT molecular complexity index is 489. The maximum absolute atomic E-state index is 11.7. The van der Waals surface area contributed by atoms with Crippen LogP contribution in [0.2, 0.25) is 5.02 Å². The van der Waals surface area contributed by atoms with Gasteiger partial charge in [-0.1, -0.05) is 18.5 Å². The van der Waals surface area contributed by atoms with Gasteiger partial charge >= 0.3 is 0 Å². The van der Waals surface area contributed by atoms with Gasteiger partial charge in [0.05, 0.1) is 11.9 Å². The molecule has 0 spiro atoms. The molecule has 0 aliphatic heterocycles. The number of nitrogens with one attached hydrogen (secondary N) is 1. The zero-order valence-corrected chi connectivity index (χ0v) is 10.6. The second kappa shape index (κ2) is 6.36. The van der Waals surface area contributed by atoms with E-state index in [1.165, 1.54) is 10.9 Å². The molecule has 18 heavy (non-hydrogen) atoms. The number of amides is 1. The molecule has 0 bridgehead atoms. The summed E-state index contributed by atoms with van der Waals surface area (Å²) in [4.78, 5) is 22.4. The molecule has 0 radical (unpaired) electrons.